The van der Waals surface area contributed by atoms with Crippen LogP contribution in [0, 0.1) is 0 Å². The zero-order chi connectivity index (χ0) is 12.1. The summed E-state index contributed by atoms with van der Waals surface area (Å²) in [6.45, 7) is 2.39. The average Bonchev–Trinajstić information content (AvgIpc) is 2.73. The van der Waals surface area contributed by atoms with Crippen molar-refractivity contribution in [2.75, 3.05) is 6.54 Å². The van der Waals surface area contributed by atoms with Crippen LogP contribution in [-0.4, -0.2) is 32.8 Å². The second kappa shape index (κ2) is 3.65. The topological polar surface area (TPSA) is 38.1 Å². The van der Waals surface area contributed by atoms with E-state index in [9.17, 15) is 4.79 Å². The van der Waals surface area contributed by atoms with Gasteiger partial charge in [0.15, 0.2) is 0 Å². The number of hydrogen-bond acceptors (Lipinski definition) is 3. The lowest BCUT2D eigenvalue weighted by atomic mass is 9.99. The Morgan fingerprint density at radius 2 is 2.11 bits per heavy atom. The van der Waals surface area contributed by atoms with Gasteiger partial charge >= 0.3 is 0 Å². The predicted molar refractivity (Wildman–Crippen MR) is 68.2 cm³/mol. The summed E-state index contributed by atoms with van der Waals surface area (Å²) in [7, 11) is 0. The number of fused-ring (bicyclic) bond motifs is 4. The van der Waals surface area contributed by atoms with Gasteiger partial charge in [-0.25, -0.2) is 4.98 Å². The average molecular weight is 241 g/mol. The Labute approximate surface area is 105 Å². The van der Waals surface area contributed by atoms with Gasteiger partial charge in [0.2, 0.25) is 0 Å². The van der Waals surface area contributed by atoms with E-state index in [-0.39, 0.29) is 0 Å². The van der Waals surface area contributed by atoms with Gasteiger partial charge in [-0.2, -0.15) is 0 Å². The lowest BCUT2D eigenvalue weighted by Gasteiger charge is -2.38. The van der Waals surface area contributed by atoms with Crippen molar-refractivity contribution in [2.24, 2.45) is 0 Å². The normalized spacial score (nSPS) is 24.0. The van der Waals surface area contributed by atoms with Crippen LogP contribution in [0.3, 0.4) is 0 Å². The molecule has 3 heterocycles. The summed E-state index contributed by atoms with van der Waals surface area (Å²) < 4.78 is 2.33. The highest BCUT2D eigenvalue weighted by atomic mass is 16.1. The number of piperidine rings is 1. The molecule has 1 aromatic carbocycles. The molecular formula is C14H15N3O. The molecule has 0 bridgehead atoms. The summed E-state index contributed by atoms with van der Waals surface area (Å²) in [5, 5.41) is 0. The molecule has 0 radical (unpaired) electrons. The molecule has 1 fully saturated rings. The molecule has 1 atom stereocenters. The van der Waals surface area contributed by atoms with Crippen molar-refractivity contribution in [1.29, 1.82) is 0 Å². The lowest BCUT2D eigenvalue weighted by Crippen LogP contribution is -2.48. The van der Waals surface area contributed by atoms with Crippen LogP contribution in [0.4, 0.5) is 0 Å². The summed E-state index contributed by atoms with van der Waals surface area (Å²) in [4.78, 5) is 18.5. The fourth-order valence-electron chi connectivity index (χ4n) is 3.18. The Hall–Kier alpha value is -1.68. The van der Waals surface area contributed by atoms with Crippen LogP contribution in [0.5, 0.6) is 0 Å². The van der Waals surface area contributed by atoms with Gasteiger partial charge in [0, 0.05) is 19.0 Å². The number of benzene rings is 1. The van der Waals surface area contributed by atoms with E-state index in [4.69, 9.17) is 0 Å². The monoisotopic (exact) mass is 241 g/mol. The fraction of sp³-hybridized carbons (Fsp3) is 0.429. The van der Waals surface area contributed by atoms with Crippen LogP contribution in [0.2, 0.25) is 0 Å². The summed E-state index contributed by atoms with van der Waals surface area (Å²) in [5.74, 6) is 1.47. The molecule has 0 amide bonds. The molecule has 1 saturated heterocycles. The smallest absolute Gasteiger partial charge is 0.146 e. The molecule has 4 nitrogen and oxygen atoms in total. The van der Waals surface area contributed by atoms with Crippen molar-refractivity contribution in [2.45, 2.75) is 32.0 Å². The number of aromatic nitrogens is 2. The summed E-state index contributed by atoms with van der Waals surface area (Å²) in [6.07, 6.45) is 1.73. The Balaban J connectivity index is 1.80. The molecular weight excluding hydrogens is 226 g/mol. The van der Waals surface area contributed by atoms with Crippen molar-refractivity contribution in [3.8, 4) is 0 Å². The second-order valence-electron chi connectivity index (χ2n) is 5.26. The van der Waals surface area contributed by atoms with E-state index in [1.54, 1.807) is 0 Å². The van der Waals surface area contributed by atoms with E-state index in [0.29, 0.717) is 18.4 Å². The highest BCUT2D eigenvalue weighted by molar-refractivity contribution is 5.81. The lowest BCUT2D eigenvalue weighted by molar-refractivity contribution is -0.124. The number of carbonyl (C=O) groups excluding carboxylic acids is 1. The first kappa shape index (κ1) is 10.3. The molecule has 1 aromatic heterocycles. The molecule has 0 aliphatic carbocycles. The first-order valence-electron chi connectivity index (χ1n) is 6.51. The number of rotatable bonds is 0. The van der Waals surface area contributed by atoms with Crippen LogP contribution in [0.25, 0.3) is 11.0 Å². The van der Waals surface area contributed by atoms with Gasteiger partial charge in [-0.3, -0.25) is 9.69 Å². The van der Waals surface area contributed by atoms with Crippen LogP contribution in [0.1, 0.15) is 18.7 Å². The van der Waals surface area contributed by atoms with Crippen molar-refractivity contribution in [1.82, 2.24) is 14.5 Å². The van der Waals surface area contributed by atoms with Gasteiger partial charge in [0.1, 0.15) is 11.6 Å². The summed E-state index contributed by atoms with van der Waals surface area (Å²) >= 11 is 0. The van der Waals surface area contributed by atoms with Gasteiger partial charge in [-0.15, -0.1) is 0 Å². The van der Waals surface area contributed by atoms with Crippen molar-refractivity contribution in [3.05, 3.63) is 30.1 Å². The Morgan fingerprint density at radius 1 is 1.22 bits per heavy atom. The minimum Gasteiger partial charge on any atom is -0.325 e. The van der Waals surface area contributed by atoms with Crippen molar-refractivity contribution < 1.29 is 4.79 Å². The molecule has 2 aromatic rings. The highest BCUT2D eigenvalue weighted by Gasteiger charge is 2.32. The number of imidazole rings is 1. The van der Waals surface area contributed by atoms with E-state index in [0.717, 1.165) is 37.3 Å². The third kappa shape index (κ3) is 1.42. The zero-order valence-corrected chi connectivity index (χ0v) is 10.2. The van der Waals surface area contributed by atoms with Crippen LogP contribution >= 0.6 is 0 Å². The molecule has 0 N–H and O–H groups in total. The Morgan fingerprint density at radius 3 is 3.06 bits per heavy atom. The summed E-state index contributed by atoms with van der Waals surface area (Å²) in [6, 6.07) is 8.79. The van der Waals surface area contributed by atoms with E-state index in [1.165, 1.54) is 5.52 Å². The van der Waals surface area contributed by atoms with E-state index in [2.05, 4.69) is 32.7 Å². The SMILES string of the molecule is O=C1CCC2Cn3c(nc4ccccc43)CN2C1. The number of carbonyl (C=O) groups is 1. The fourth-order valence-corrected chi connectivity index (χ4v) is 3.18. The number of Topliss-reactive ketones (excluding diaryl/α,β-unsaturated/α-hetero) is 1. The van der Waals surface area contributed by atoms with Gasteiger partial charge < -0.3 is 4.57 Å². The predicted octanol–water partition coefficient (Wildman–Crippen LogP) is 1.58. The summed E-state index contributed by atoms with van der Waals surface area (Å²) in [5.41, 5.74) is 2.29. The maximum atomic E-state index is 11.5. The molecule has 2 aliphatic rings. The molecule has 4 rings (SSSR count). The number of ketones is 1. The largest absolute Gasteiger partial charge is 0.325 e. The standard InChI is InChI=1S/C14H15N3O/c18-11-6-5-10-7-17-13-4-2-1-3-12(13)15-14(17)9-16(10)8-11/h1-4,10H,5-9H2. The van der Waals surface area contributed by atoms with E-state index in [1.807, 2.05) is 6.07 Å². The molecule has 0 spiro atoms. The van der Waals surface area contributed by atoms with Crippen LogP contribution in [0.15, 0.2) is 24.3 Å². The van der Waals surface area contributed by atoms with Gasteiger partial charge in [-0.1, -0.05) is 12.1 Å². The first-order chi connectivity index (χ1) is 8.81. The van der Waals surface area contributed by atoms with Crippen LogP contribution < -0.4 is 0 Å². The van der Waals surface area contributed by atoms with E-state index >= 15 is 0 Å². The number of hydrogen-bond donors (Lipinski definition) is 0. The van der Waals surface area contributed by atoms with Gasteiger partial charge in [0.05, 0.1) is 24.1 Å². The Bertz CT molecular complexity index is 631. The minimum absolute atomic E-state index is 0.371. The Kier molecular flexibility index (Phi) is 2.08. The highest BCUT2D eigenvalue weighted by Crippen LogP contribution is 2.27. The molecule has 92 valence electrons. The molecule has 18 heavy (non-hydrogen) atoms. The van der Waals surface area contributed by atoms with Crippen LogP contribution in [-0.2, 0) is 17.9 Å². The first-order valence-corrected chi connectivity index (χ1v) is 6.51. The van der Waals surface area contributed by atoms with E-state index < -0.39 is 0 Å². The van der Waals surface area contributed by atoms with Crippen molar-refractivity contribution in [3.63, 3.8) is 0 Å². The zero-order valence-electron chi connectivity index (χ0n) is 10.2. The molecule has 2 aliphatic heterocycles. The quantitative estimate of drug-likeness (QED) is 0.703. The minimum atomic E-state index is 0.371. The molecule has 4 heteroatoms. The third-order valence-electron chi connectivity index (χ3n) is 4.12. The number of para-hydroxylation sites is 2. The maximum absolute atomic E-state index is 11.5. The maximum Gasteiger partial charge on any atom is 0.146 e. The molecule has 0 saturated carbocycles. The third-order valence-corrected chi connectivity index (χ3v) is 4.12. The van der Waals surface area contributed by atoms with Gasteiger partial charge in [-0.05, 0) is 18.6 Å². The second-order valence-corrected chi connectivity index (χ2v) is 5.26. The van der Waals surface area contributed by atoms with Gasteiger partial charge in [0.25, 0.3) is 0 Å². The molecule has 1 unspecified atom stereocenters. The van der Waals surface area contributed by atoms with Crippen molar-refractivity contribution >= 4 is 16.8 Å². The number of nitrogens with zero attached hydrogens (tertiary/aromatic N) is 3.